The van der Waals surface area contributed by atoms with Crippen LogP contribution in [0.2, 0.25) is 10.0 Å². The first-order chi connectivity index (χ1) is 28.0. The molecule has 315 valence electrons. The molecule has 0 aliphatic carbocycles. The van der Waals surface area contributed by atoms with Crippen molar-refractivity contribution >= 4 is 77.6 Å². The van der Waals surface area contributed by atoms with Crippen molar-refractivity contribution in [3.63, 3.8) is 0 Å². The molecule has 64 heavy (non-hydrogen) atoms. The number of hydrogen-bond donors (Lipinski definition) is 2. The topological polar surface area (TPSA) is 372 Å². The molecule has 6 rings (SSSR count). The van der Waals surface area contributed by atoms with Crippen LogP contribution in [0.4, 0.5) is 34.1 Å². The average molecular weight is 1020 g/mol. The number of azo groups is 2. The van der Waals surface area contributed by atoms with Crippen molar-refractivity contribution in [3.05, 3.63) is 125 Å². The molecule has 2 N–H and O–H groups in total. The van der Waals surface area contributed by atoms with Crippen molar-refractivity contribution in [1.82, 2.24) is 19.6 Å². The number of nitrogens with one attached hydrogen (secondary N) is 1. The van der Waals surface area contributed by atoms with Crippen LogP contribution in [-0.2, 0) is 37.6 Å². The van der Waals surface area contributed by atoms with Crippen molar-refractivity contribution < 1.29 is 157 Å². The summed E-state index contributed by atoms with van der Waals surface area (Å²) in [6.45, 7) is 2.92. The number of nitro benzene ring substituents is 2. The largest absolute Gasteiger partial charge is 3.00 e. The molecule has 24 nitrogen and oxygen atoms in total. The minimum atomic E-state index is -5.12. The van der Waals surface area contributed by atoms with E-state index in [1.807, 2.05) is 0 Å². The fourth-order valence-corrected chi connectivity index (χ4v) is 6.32. The molecule has 2 aromatic heterocycles. The van der Waals surface area contributed by atoms with Gasteiger partial charge in [-0.1, -0.05) is 35.3 Å². The molecule has 0 saturated heterocycles. The predicted molar refractivity (Wildman–Crippen MR) is 200 cm³/mol. The summed E-state index contributed by atoms with van der Waals surface area (Å²) in [4.78, 5) is 30.4. The molecule has 0 bridgehead atoms. The Morgan fingerprint density at radius 3 is 1.64 bits per heavy atom. The van der Waals surface area contributed by atoms with Crippen LogP contribution in [0.15, 0.2) is 108 Å². The zero-order chi connectivity index (χ0) is 44.4. The van der Waals surface area contributed by atoms with Crippen LogP contribution in [0, 0.1) is 34.1 Å². The van der Waals surface area contributed by atoms with E-state index in [9.17, 15) is 61.7 Å². The molecule has 0 saturated carbocycles. The van der Waals surface area contributed by atoms with E-state index in [1.165, 1.54) is 26.0 Å². The van der Waals surface area contributed by atoms with E-state index in [-0.39, 0.29) is 129 Å². The van der Waals surface area contributed by atoms with Crippen LogP contribution in [-0.4, -0.2) is 55.3 Å². The number of benzene rings is 4. The number of H-pyrrole nitrogens is 1. The Bertz CT molecular complexity index is 3100. The van der Waals surface area contributed by atoms with Gasteiger partial charge in [0.25, 0.3) is 27.1 Å². The van der Waals surface area contributed by atoms with Gasteiger partial charge < -0.3 is 19.9 Å². The number of aromatic nitrogens is 4. The van der Waals surface area contributed by atoms with E-state index in [2.05, 4.69) is 30.7 Å². The Kier molecular flexibility index (Phi) is 21.7. The molecule has 0 unspecified atom stereocenters. The second kappa shape index (κ2) is 23.8. The summed E-state index contributed by atoms with van der Waals surface area (Å²) in [7, 11) is -9.98. The number of rotatable bonds is 10. The van der Waals surface area contributed by atoms with Gasteiger partial charge in [0.05, 0.1) is 48.9 Å². The third-order valence-corrected chi connectivity index (χ3v) is 9.80. The SMILES string of the molecule is Cc1[nH]n(-c2cccc(Cl)c2)c(=O)c1N=Nc1cc(S(=O)(=O)O)cc([N+](=O)[O-])c1[O-].Cc1nn(-c2cccc(Cl)c2)c([O-])c1N=Nc1cc(S(=O)(=O)[O-])cc([N+](=O)[O-])c1[O-].[Cr+3].[Na+].[Na+].[Na+]. The van der Waals surface area contributed by atoms with Crippen molar-refractivity contribution in [2.24, 2.45) is 20.5 Å². The fraction of sp³-hybridized carbons (Fsp3) is 0.0625. The van der Waals surface area contributed by atoms with Gasteiger partial charge in [0.2, 0.25) is 0 Å². The zero-order valence-electron chi connectivity index (χ0n) is 33.2. The minimum Gasteiger partial charge on any atom is -0.866 e. The first kappa shape index (κ1) is 58.4. The summed E-state index contributed by atoms with van der Waals surface area (Å²) in [5, 5.41) is 80.6. The van der Waals surface area contributed by atoms with E-state index in [1.54, 1.807) is 36.4 Å². The van der Waals surface area contributed by atoms with Gasteiger partial charge in [0.1, 0.15) is 20.7 Å². The molecule has 0 amide bonds. The smallest absolute Gasteiger partial charge is 0.866 e. The van der Waals surface area contributed by atoms with Gasteiger partial charge in [-0.15, -0.1) is 10.2 Å². The molecule has 0 fully saturated rings. The zero-order valence-corrected chi connectivity index (χ0v) is 43.6. The Balaban J connectivity index is 0.000000602. The summed E-state index contributed by atoms with van der Waals surface area (Å²) >= 11 is 11.8. The van der Waals surface area contributed by atoms with Gasteiger partial charge in [0.15, 0.2) is 5.69 Å². The molecule has 0 atom stereocenters. The van der Waals surface area contributed by atoms with Crippen molar-refractivity contribution in [2.45, 2.75) is 23.6 Å². The van der Waals surface area contributed by atoms with Crippen LogP contribution < -0.4 is 110 Å². The van der Waals surface area contributed by atoms with E-state index < -0.39 is 85.6 Å². The van der Waals surface area contributed by atoms with Crippen molar-refractivity contribution in [1.29, 1.82) is 0 Å². The third kappa shape index (κ3) is 13.7. The van der Waals surface area contributed by atoms with Crippen LogP contribution >= 0.6 is 23.2 Å². The standard InChI is InChI=1S/2C16H12ClN5O7S.Cr.3Na/c2*1-8-14(16(24)21(20-8)10-4-2-3-9(17)5-10)19-18-12-6-11(30(27,28)29)7-13(15(12)23)22(25)26;;;;/h2-7,23-24H,1H3,(H,27,28,29);2-7,20,23H,1H3,(H,27,28,29);;;;/q;;+3;3*+1/p-4. The summed E-state index contributed by atoms with van der Waals surface area (Å²) in [6.07, 6.45) is 0. The molecule has 0 aliphatic heterocycles. The first-order valence-electron chi connectivity index (χ1n) is 15.8. The number of hydrogen-bond acceptors (Lipinski definition) is 18. The Morgan fingerprint density at radius 1 is 0.719 bits per heavy atom. The van der Waals surface area contributed by atoms with Gasteiger partial charge >= 0.3 is 106 Å². The maximum absolute atomic E-state index is 12.6. The maximum Gasteiger partial charge on any atom is 3.00 e. The number of halogens is 2. The monoisotopic (exact) mass is 1020 g/mol. The summed E-state index contributed by atoms with van der Waals surface area (Å²) in [6, 6.07) is 14.4. The van der Waals surface area contributed by atoms with Crippen LogP contribution in [0.3, 0.4) is 0 Å². The quantitative estimate of drug-likeness (QED) is 0.0434. The molecular formula is C32H20Cl2CrN10Na3O14S2+2. The number of nitro groups is 2. The number of aryl methyl sites for hydroxylation is 2. The fourth-order valence-electron chi connectivity index (χ4n) is 4.92. The molecule has 0 aliphatic rings. The van der Waals surface area contributed by atoms with E-state index in [0.717, 1.165) is 9.36 Å². The second-order valence-corrected chi connectivity index (χ2v) is 15.4. The van der Waals surface area contributed by atoms with E-state index >= 15 is 0 Å². The van der Waals surface area contributed by atoms with E-state index in [4.69, 9.17) is 27.8 Å². The van der Waals surface area contributed by atoms with Crippen molar-refractivity contribution in [3.8, 4) is 28.8 Å². The summed E-state index contributed by atoms with van der Waals surface area (Å²) in [5.74, 6) is -3.24. The van der Waals surface area contributed by atoms with Gasteiger partial charge in [-0.25, -0.2) is 17.8 Å². The van der Waals surface area contributed by atoms with Crippen LogP contribution in [0.1, 0.15) is 11.4 Å². The average Bonchev–Trinajstić information content (AvgIpc) is 3.61. The van der Waals surface area contributed by atoms with Crippen molar-refractivity contribution in [2.75, 3.05) is 0 Å². The molecular weight excluding hydrogens is 1000 g/mol. The van der Waals surface area contributed by atoms with E-state index in [0.29, 0.717) is 45.7 Å². The van der Waals surface area contributed by atoms with Gasteiger partial charge in [-0.3, -0.25) is 34.7 Å². The third-order valence-electron chi connectivity index (χ3n) is 7.69. The first-order valence-corrected chi connectivity index (χ1v) is 19.4. The van der Waals surface area contributed by atoms with Gasteiger partial charge in [-0.05, 0) is 62.4 Å². The van der Waals surface area contributed by atoms with Gasteiger partial charge in [0, 0.05) is 39.6 Å². The van der Waals surface area contributed by atoms with Crippen LogP contribution in [0.25, 0.3) is 11.4 Å². The molecule has 6 aromatic rings. The Hall–Kier alpha value is -3.57. The van der Waals surface area contributed by atoms with Gasteiger partial charge in [-0.2, -0.15) is 23.7 Å². The summed E-state index contributed by atoms with van der Waals surface area (Å²) < 4.78 is 67.5. The second-order valence-electron chi connectivity index (χ2n) is 11.8. The maximum atomic E-state index is 12.6. The normalized spacial score (nSPS) is 11.1. The predicted octanol–water partition coefficient (Wildman–Crippen LogP) is -4.01. The molecule has 0 spiro atoms. The number of nitrogens with zero attached hydrogens (tertiary/aromatic N) is 9. The molecule has 1 radical (unpaired) electrons. The molecule has 32 heteroatoms. The number of aromatic amines is 1. The van der Waals surface area contributed by atoms with Crippen LogP contribution in [0.5, 0.6) is 17.4 Å². The Morgan fingerprint density at radius 2 is 1.17 bits per heavy atom. The molecule has 2 heterocycles. The summed E-state index contributed by atoms with van der Waals surface area (Å²) in [5.41, 5.74) is -3.94. The molecule has 4 aromatic carbocycles. The Labute approximate surface area is 446 Å². The minimum absolute atomic E-state index is 0.